The van der Waals surface area contributed by atoms with Gasteiger partial charge in [-0.2, -0.15) is 0 Å². The van der Waals surface area contributed by atoms with Crippen LogP contribution >= 0.6 is 7.82 Å². The van der Waals surface area contributed by atoms with Crippen LogP contribution in [0.15, 0.2) is 48.6 Å². The lowest BCUT2D eigenvalue weighted by Gasteiger charge is -2.24. The van der Waals surface area contributed by atoms with E-state index in [1.54, 1.807) is 0 Å². The number of hydrogen-bond donors (Lipinski definition) is 1. The van der Waals surface area contributed by atoms with Crippen LogP contribution in [-0.4, -0.2) is 74.9 Å². The molecule has 0 aromatic carbocycles. The van der Waals surface area contributed by atoms with Crippen molar-refractivity contribution >= 4 is 19.8 Å². The summed E-state index contributed by atoms with van der Waals surface area (Å²) in [6.45, 7) is 4.32. The van der Waals surface area contributed by atoms with E-state index >= 15 is 0 Å². The van der Waals surface area contributed by atoms with Gasteiger partial charge in [0.05, 0.1) is 27.7 Å². The van der Waals surface area contributed by atoms with Gasteiger partial charge in [0.1, 0.15) is 19.8 Å². The standard InChI is InChI=1S/C44H80NO8P/c1-6-8-10-12-14-16-18-20-21-22-23-25-26-28-30-32-34-36-43(46)50-40-42(41-52-54(48,49)51-39-38-45(3,4)5)53-44(47)37-35-33-31-29-27-24-19-17-15-13-11-9-7-2/h17,19-21,23,25,28,30,42H,6-16,18,22,24,26-27,29,31-41H2,1-5H3/p+1/b19-17-,21-20-,25-23-,30-28-/t42-/m1/s1. The van der Waals surface area contributed by atoms with Crippen LogP contribution < -0.4 is 0 Å². The minimum absolute atomic E-state index is 0.0213. The van der Waals surface area contributed by atoms with Crippen LogP contribution in [0.2, 0.25) is 0 Å². The van der Waals surface area contributed by atoms with Crippen molar-refractivity contribution in [3.8, 4) is 0 Å². The van der Waals surface area contributed by atoms with Crippen molar-refractivity contribution in [3.05, 3.63) is 48.6 Å². The second-order valence-electron chi connectivity index (χ2n) is 15.4. The zero-order valence-electron chi connectivity index (χ0n) is 35.2. The number of phosphoric acid groups is 1. The number of unbranched alkanes of at least 4 members (excludes halogenated alkanes) is 16. The number of phosphoric ester groups is 1. The Bertz CT molecular complexity index is 1070. The van der Waals surface area contributed by atoms with Gasteiger partial charge in [-0.3, -0.25) is 18.6 Å². The molecule has 0 rings (SSSR count). The molecule has 0 radical (unpaired) electrons. The van der Waals surface area contributed by atoms with E-state index in [-0.39, 0.29) is 26.1 Å². The molecule has 0 aromatic rings. The molecule has 0 aliphatic carbocycles. The van der Waals surface area contributed by atoms with Crippen molar-refractivity contribution in [1.82, 2.24) is 0 Å². The zero-order valence-corrected chi connectivity index (χ0v) is 36.1. The van der Waals surface area contributed by atoms with E-state index < -0.39 is 32.5 Å². The van der Waals surface area contributed by atoms with Crippen LogP contribution in [0.5, 0.6) is 0 Å². The van der Waals surface area contributed by atoms with E-state index in [0.29, 0.717) is 23.9 Å². The van der Waals surface area contributed by atoms with Gasteiger partial charge in [0, 0.05) is 12.8 Å². The first-order valence-electron chi connectivity index (χ1n) is 21.4. The number of rotatable bonds is 38. The molecule has 0 aliphatic rings. The predicted octanol–water partition coefficient (Wildman–Crippen LogP) is 11.9. The van der Waals surface area contributed by atoms with Gasteiger partial charge in [-0.05, 0) is 70.6 Å². The molecule has 1 unspecified atom stereocenters. The van der Waals surface area contributed by atoms with Crippen LogP contribution in [0.1, 0.15) is 168 Å². The van der Waals surface area contributed by atoms with Gasteiger partial charge >= 0.3 is 19.8 Å². The molecule has 0 spiro atoms. The third-order valence-corrected chi connectivity index (χ3v) is 9.82. The van der Waals surface area contributed by atoms with Gasteiger partial charge in [0.15, 0.2) is 6.10 Å². The number of hydrogen-bond acceptors (Lipinski definition) is 7. The lowest BCUT2D eigenvalue weighted by atomic mass is 10.1. The fraction of sp³-hybridized carbons (Fsp3) is 0.773. The average Bonchev–Trinajstić information content (AvgIpc) is 3.12. The SMILES string of the molecule is CCCCCC/C=C\CCCCCCCC(=O)O[C@H](COC(=O)CCC/C=C\C/C=C\C/C=C\CCCCCCCC)COP(=O)(O)OCC[N+](C)(C)C. The molecule has 0 fully saturated rings. The van der Waals surface area contributed by atoms with Crippen LogP contribution in [0.25, 0.3) is 0 Å². The monoisotopic (exact) mass is 783 g/mol. The second kappa shape index (κ2) is 36.6. The van der Waals surface area contributed by atoms with Crippen molar-refractivity contribution in [2.45, 2.75) is 174 Å². The van der Waals surface area contributed by atoms with Gasteiger partial charge in [-0.15, -0.1) is 0 Å². The topological polar surface area (TPSA) is 108 Å². The first-order valence-corrected chi connectivity index (χ1v) is 22.9. The molecule has 314 valence electrons. The number of ether oxygens (including phenoxy) is 2. The largest absolute Gasteiger partial charge is 0.472 e. The van der Waals surface area contributed by atoms with Gasteiger partial charge in [-0.25, -0.2) is 4.57 Å². The summed E-state index contributed by atoms with van der Waals surface area (Å²) in [5.74, 6) is -0.873. The summed E-state index contributed by atoms with van der Waals surface area (Å²) in [6.07, 6.45) is 41.6. The lowest BCUT2D eigenvalue weighted by molar-refractivity contribution is -0.870. The van der Waals surface area contributed by atoms with Gasteiger partial charge in [-0.1, -0.05) is 133 Å². The van der Waals surface area contributed by atoms with Crippen LogP contribution in [0.3, 0.4) is 0 Å². The van der Waals surface area contributed by atoms with E-state index in [2.05, 4.69) is 62.5 Å². The molecule has 0 aliphatic heterocycles. The summed E-state index contributed by atoms with van der Waals surface area (Å²) in [4.78, 5) is 35.3. The maximum atomic E-state index is 12.6. The Morgan fingerprint density at radius 2 is 1.02 bits per heavy atom. The normalized spacial score (nSPS) is 14.1. The molecule has 0 saturated heterocycles. The highest BCUT2D eigenvalue weighted by Crippen LogP contribution is 2.43. The molecule has 0 aromatic heterocycles. The van der Waals surface area contributed by atoms with E-state index in [4.69, 9.17) is 18.5 Å². The molecular formula is C44H81NO8P+. The van der Waals surface area contributed by atoms with Crippen molar-refractivity contribution in [2.24, 2.45) is 0 Å². The fourth-order valence-corrected chi connectivity index (χ4v) is 6.18. The third kappa shape index (κ3) is 39.7. The van der Waals surface area contributed by atoms with Crippen LogP contribution in [0.4, 0.5) is 0 Å². The minimum atomic E-state index is -4.38. The Labute approximate surface area is 331 Å². The molecule has 0 saturated carbocycles. The number of nitrogens with zero attached hydrogens (tertiary/aromatic N) is 1. The number of likely N-dealkylation sites (N-methyl/N-ethyl adjacent to an activating group) is 1. The lowest BCUT2D eigenvalue weighted by Crippen LogP contribution is -2.37. The number of carbonyl (C=O) groups is 2. The molecule has 0 bridgehead atoms. The molecule has 0 heterocycles. The van der Waals surface area contributed by atoms with Gasteiger partial charge in [0.25, 0.3) is 0 Å². The van der Waals surface area contributed by atoms with Crippen LogP contribution in [0, 0.1) is 0 Å². The van der Waals surface area contributed by atoms with Crippen LogP contribution in [-0.2, 0) is 32.7 Å². The molecule has 0 amide bonds. The summed E-state index contributed by atoms with van der Waals surface area (Å²) in [6, 6.07) is 0. The molecule has 2 atom stereocenters. The Balaban J connectivity index is 4.48. The molecular weight excluding hydrogens is 701 g/mol. The highest BCUT2D eigenvalue weighted by molar-refractivity contribution is 7.47. The highest BCUT2D eigenvalue weighted by atomic mass is 31.2. The van der Waals surface area contributed by atoms with Crippen molar-refractivity contribution < 1.29 is 42.1 Å². The van der Waals surface area contributed by atoms with Crippen molar-refractivity contribution in [3.63, 3.8) is 0 Å². The molecule has 9 nitrogen and oxygen atoms in total. The number of allylic oxidation sites excluding steroid dienone is 8. The molecule has 54 heavy (non-hydrogen) atoms. The van der Waals surface area contributed by atoms with E-state index in [1.807, 2.05) is 21.1 Å². The quantitative estimate of drug-likeness (QED) is 0.0217. The fourth-order valence-electron chi connectivity index (χ4n) is 5.43. The van der Waals surface area contributed by atoms with Gasteiger partial charge in [0.2, 0.25) is 0 Å². The highest BCUT2D eigenvalue weighted by Gasteiger charge is 2.27. The summed E-state index contributed by atoms with van der Waals surface area (Å²) < 4.78 is 34.2. The van der Waals surface area contributed by atoms with Crippen molar-refractivity contribution in [2.75, 3.05) is 47.5 Å². The van der Waals surface area contributed by atoms with E-state index in [0.717, 1.165) is 57.8 Å². The van der Waals surface area contributed by atoms with E-state index in [9.17, 15) is 19.0 Å². The second-order valence-corrected chi connectivity index (χ2v) is 16.8. The smallest absolute Gasteiger partial charge is 0.462 e. The molecule has 1 N–H and O–H groups in total. The Morgan fingerprint density at radius 1 is 0.574 bits per heavy atom. The first-order chi connectivity index (χ1) is 26.0. The van der Waals surface area contributed by atoms with E-state index in [1.165, 1.54) is 70.6 Å². The maximum absolute atomic E-state index is 12.6. The van der Waals surface area contributed by atoms with Crippen molar-refractivity contribution in [1.29, 1.82) is 0 Å². The summed E-state index contributed by atoms with van der Waals surface area (Å²) in [5, 5.41) is 0. The third-order valence-electron chi connectivity index (χ3n) is 8.83. The maximum Gasteiger partial charge on any atom is 0.472 e. The Kier molecular flexibility index (Phi) is 35.2. The predicted molar refractivity (Wildman–Crippen MR) is 224 cm³/mol. The first kappa shape index (κ1) is 52.0. The number of quaternary nitrogens is 1. The minimum Gasteiger partial charge on any atom is -0.462 e. The molecule has 10 heteroatoms. The summed E-state index contributed by atoms with van der Waals surface area (Å²) >= 11 is 0. The number of esters is 2. The summed E-state index contributed by atoms with van der Waals surface area (Å²) in [5.41, 5.74) is 0. The zero-order chi connectivity index (χ0) is 40.0. The Hall–Kier alpha value is -2.03. The Morgan fingerprint density at radius 3 is 1.57 bits per heavy atom. The number of carbonyl (C=O) groups excluding carboxylic acids is 2. The summed E-state index contributed by atoms with van der Waals surface area (Å²) in [7, 11) is 1.44. The van der Waals surface area contributed by atoms with Gasteiger partial charge < -0.3 is 18.9 Å². The average molecular weight is 783 g/mol.